The summed E-state index contributed by atoms with van der Waals surface area (Å²) in [5, 5.41) is 5.55. The number of alkyl carbamates (subject to hydrolysis) is 1. The molecule has 3 amide bonds. The van der Waals surface area contributed by atoms with Crippen LogP contribution >= 0.6 is 0 Å². The number of likely N-dealkylation sites (N-methyl/N-ethyl adjacent to an activating group) is 1. The molecule has 2 rings (SSSR count). The number of ether oxygens (including phenoxy) is 2. The summed E-state index contributed by atoms with van der Waals surface area (Å²) in [4.78, 5) is 55.5. The molecule has 0 saturated carbocycles. The first-order chi connectivity index (χ1) is 20.5. The van der Waals surface area contributed by atoms with E-state index in [1.807, 2.05) is 44.2 Å². The number of terminal acetylenes is 1. The van der Waals surface area contributed by atoms with E-state index >= 15 is 0 Å². The largest absolute Gasteiger partial charge is 0.458 e. The topological polar surface area (TPSA) is 114 Å². The quantitative estimate of drug-likeness (QED) is 0.270. The molecular weight excluding hydrogens is 558 g/mol. The maximum atomic E-state index is 14.1. The number of rotatable bonds is 11. The van der Waals surface area contributed by atoms with Crippen LogP contribution in [-0.4, -0.2) is 59.1 Å². The lowest BCUT2D eigenvalue weighted by Crippen LogP contribution is -2.55. The van der Waals surface area contributed by atoms with Crippen molar-refractivity contribution >= 4 is 23.9 Å². The Bertz CT molecular complexity index is 1320. The average molecular weight is 606 g/mol. The fourth-order valence-electron chi connectivity index (χ4n) is 4.44. The lowest BCUT2D eigenvalue weighted by atomic mass is 9.95. The summed E-state index contributed by atoms with van der Waals surface area (Å²) in [7, 11) is 1.49. The number of benzene rings is 2. The Balaban J connectivity index is 2.51. The summed E-state index contributed by atoms with van der Waals surface area (Å²) < 4.78 is 11.1. The van der Waals surface area contributed by atoms with Crippen LogP contribution in [0.4, 0.5) is 4.79 Å². The summed E-state index contributed by atoms with van der Waals surface area (Å²) in [5.41, 5.74) is 0.337. The van der Waals surface area contributed by atoms with Crippen LogP contribution in [0.15, 0.2) is 54.6 Å². The highest BCUT2D eigenvalue weighted by atomic mass is 16.6. The van der Waals surface area contributed by atoms with Crippen LogP contribution in [0, 0.1) is 18.3 Å². The number of esters is 1. The first kappa shape index (κ1) is 35.9. The molecule has 44 heavy (non-hydrogen) atoms. The fourth-order valence-corrected chi connectivity index (χ4v) is 4.44. The minimum Gasteiger partial charge on any atom is -0.458 e. The van der Waals surface area contributed by atoms with Crippen molar-refractivity contribution < 1.29 is 28.7 Å². The second kappa shape index (κ2) is 15.4. The molecule has 2 aromatic carbocycles. The Labute approximate surface area is 262 Å². The third-order valence-corrected chi connectivity index (χ3v) is 6.82. The van der Waals surface area contributed by atoms with Gasteiger partial charge in [-0.1, -0.05) is 68.7 Å². The number of amides is 3. The van der Waals surface area contributed by atoms with Gasteiger partial charge in [-0.05, 0) is 70.7 Å². The van der Waals surface area contributed by atoms with E-state index in [4.69, 9.17) is 15.9 Å². The molecule has 238 valence electrons. The molecular formula is C35H47N3O6. The Kier molecular flexibility index (Phi) is 12.6. The van der Waals surface area contributed by atoms with Crippen molar-refractivity contribution in [3.63, 3.8) is 0 Å². The maximum absolute atomic E-state index is 14.1. The van der Waals surface area contributed by atoms with E-state index in [0.717, 1.165) is 5.56 Å². The third kappa shape index (κ3) is 11.1. The predicted molar refractivity (Wildman–Crippen MR) is 170 cm³/mol. The van der Waals surface area contributed by atoms with Crippen molar-refractivity contribution in [2.75, 3.05) is 7.05 Å². The molecule has 9 heteroatoms. The Morgan fingerprint density at radius 1 is 0.886 bits per heavy atom. The molecule has 2 N–H and O–H groups in total. The molecule has 0 aliphatic heterocycles. The van der Waals surface area contributed by atoms with Crippen LogP contribution < -0.4 is 10.6 Å². The molecule has 0 fully saturated rings. The molecule has 0 bridgehead atoms. The van der Waals surface area contributed by atoms with Crippen molar-refractivity contribution in [2.45, 2.75) is 97.6 Å². The molecule has 0 spiro atoms. The Morgan fingerprint density at radius 2 is 1.45 bits per heavy atom. The molecule has 4 atom stereocenters. The zero-order valence-corrected chi connectivity index (χ0v) is 27.4. The minimum atomic E-state index is -1.16. The van der Waals surface area contributed by atoms with Gasteiger partial charge in [-0.3, -0.25) is 9.59 Å². The number of hydrogen-bond donors (Lipinski definition) is 2. The monoisotopic (exact) mass is 605 g/mol. The maximum Gasteiger partial charge on any atom is 0.408 e. The van der Waals surface area contributed by atoms with Gasteiger partial charge >= 0.3 is 12.1 Å². The predicted octanol–water partition coefficient (Wildman–Crippen LogP) is 5.18. The molecule has 0 saturated heterocycles. The minimum absolute atomic E-state index is 0.178. The number of carbonyl (C=O) groups is 4. The number of nitrogens with zero attached hydrogens (tertiary/aromatic N) is 1. The van der Waals surface area contributed by atoms with Gasteiger partial charge in [-0.25, -0.2) is 9.59 Å². The molecule has 4 unspecified atom stereocenters. The van der Waals surface area contributed by atoms with Crippen LogP contribution in [0.5, 0.6) is 0 Å². The lowest BCUT2D eigenvalue weighted by molar-refractivity contribution is -0.159. The smallest absolute Gasteiger partial charge is 0.408 e. The van der Waals surface area contributed by atoms with Gasteiger partial charge in [0.25, 0.3) is 0 Å². The number of carbonyl (C=O) groups excluding carboxylic acids is 4. The van der Waals surface area contributed by atoms with Crippen molar-refractivity contribution in [3.05, 3.63) is 71.3 Å². The summed E-state index contributed by atoms with van der Waals surface area (Å²) >= 11 is 0. The molecule has 0 aromatic heterocycles. The van der Waals surface area contributed by atoms with E-state index in [-0.39, 0.29) is 12.3 Å². The molecule has 2 aromatic rings. The van der Waals surface area contributed by atoms with E-state index in [1.165, 1.54) is 11.9 Å². The summed E-state index contributed by atoms with van der Waals surface area (Å²) in [6, 6.07) is 12.8. The van der Waals surface area contributed by atoms with Crippen LogP contribution in [0.2, 0.25) is 0 Å². The fraction of sp³-hybridized carbons (Fsp3) is 0.486. The summed E-state index contributed by atoms with van der Waals surface area (Å²) in [5.74, 6) is 0.572. The van der Waals surface area contributed by atoms with Gasteiger partial charge in [0.05, 0.1) is 0 Å². The zero-order valence-electron chi connectivity index (χ0n) is 27.4. The molecule has 0 aliphatic carbocycles. The van der Waals surface area contributed by atoms with Crippen LogP contribution in [0.1, 0.15) is 84.5 Å². The van der Waals surface area contributed by atoms with Crippen molar-refractivity contribution in [2.24, 2.45) is 5.92 Å². The van der Waals surface area contributed by atoms with Crippen LogP contribution in [0.3, 0.4) is 0 Å². The normalized spacial score (nSPS) is 14.2. The third-order valence-electron chi connectivity index (χ3n) is 6.82. The van der Waals surface area contributed by atoms with Gasteiger partial charge in [0.1, 0.15) is 29.3 Å². The second-order valence-electron chi connectivity index (χ2n) is 12.9. The highest BCUT2D eigenvalue weighted by molar-refractivity contribution is 5.94. The lowest BCUT2D eigenvalue weighted by Gasteiger charge is -2.34. The van der Waals surface area contributed by atoms with Crippen molar-refractivity contribution in [3.8, 4) is 12.3 Å². The molecule has 0 aliphatic rings. The van der Waals surface area contributed by atoms with Crippen molar-refractivity contribution in [1.29, 1.82) is 0 Å². The standard InChI is InChI=1S/C35H47N3O6/c1-11-23(3)28(37-33(42)44-35(7,8)9)31(40)38(10)29(26-20-18-24(12-2)19-21-26)30(39)36-27(32(41)43-34(4,5)6)22-25-16-14-13-15-17-25/h2,13-21,23,27-29H,11,22H2,1,3-10H3,(H,36,39)(H,37,42). The number of nitrogens with one attached hydrogen (secondary N) is 2. The first-order valence-corrected chi connectivity index (χ1v) is 14.9. The summed E-state index contributed by atoms with van der Waals surface area (Å²) in [6.45, 7) is 14.2. The second-order valence-corrected chi connectivity index (χ2v) is 12.9. The van der Waals surface area contributed by atoms with Crippen molar-refractivity contribution in [1.82, 2.24) is 15.5 Å². The Morgan fingerprint density at radius 3 is 1.95 bits per heavy atom. The average Bonchev–Trinajstić information content (AvgIpc) is 2.94. The van der Waals surface area contributed by atoms with E-state index in [0.29, 0.717) is 17.5 Å². The highest BCUT2D eigenvalue weighted by Crippen LogP contribution is 2.24. The number of hydrogen-bond acceptors (Lipinski definition) is 6. The molecule has 0 radical (unpaired) electrons. The molecule has 0 heterocycles. The van der Waals surface area contributed by atoms with E-state index in [9.17, 15) is 19.2 Å². The van der Waals surface area contributed by atoms with Gasteiger partial charge < -0.3 is 25.0 Å². The summed E-state index contributed by atoms with van der Waals surface area (Å²) in [6.07, 6.45) is 5.56. The van der Waals surface area contributed by atoms with Gasteiger partial charge in [-0.15, -0.1) is 6.42 Å². The zero-order chi connectivity index (χ0) is 33.2. The van der Waals surface area contributed by atoms with E-state index in [1.54, 1.807) is 65.8 Å². The van der Waals surface area contributed by atoms with E-state index < -0.39 is 53.2 Å². The molecule has 9 nitrogen and oxygen atoms in total. The van der Waals surface area contributed by atoms with Gasteiger partial charge in [0.15, 0.2) is 0 Å². The van der Waals surface area contributed by atoms with Gasteiger partial charge in [-0.2, -0.15) is 0 Å². The van der Waals surface area contributed by atoms with Gasteiger partial charge in [0.2, 0.25) is 11.8 Å². The highest BCUT2D eigenvalue weighted by Gasteiger charge is 2.38. The van der Waals surface area contributed by atoms with Crippen LogP contribution in [-0.2, 0) is 30.3 Å². The van der Waals surface area contributed by atoms with Gasteiger partial charge in [0, 0.05) is 19.0 Å². The SMILES string of the molecule is C#Cc1ccc(C(C(=O)NC(Cc2ccccc2)C(=O)OC(C)(C)C)N(C)C(=O)C(NC(=O)OC(C)(C)C)C(C)CC)cc1. The first-order valence-electron chi connectivity index (χ1n) is 14.9. The van der Waals surface area contributed by atoms with Crippen LogP contribution in [0.25, 0.3) is 0 Å². The van der Waals surface area contributed by atoms with E-state index in [2.05, 4.69) is 16.6 Å². The Hall–Kier alpha value is -4.32.